The molecule has 0 bridgehead atoms. The number of carbonyl (C=O) groups excluding carboxylic acids is 1. The van der Waals surface area contributed by atoms with Crippen molar-refractivity contribution in [2.45, 2.75) is 6.92 Å². The summed E-state index contributed by atoms with van der Waals surface area (Å²) in [6.45, 7) is 1.99. The monoisotopic (exact) mass is 129 g/mol. The van der Waals surface area contributed by atoms with Crippen molar-refractivity contribution in [1.82, 2.24) is 0 Å². The molecular formula is C6H11NO2. The highest BCUT2D eigenvalue weighted by molar-refractivity contribution is 5.88. The Hall–Kier alpha value is -0.830. The third-order valence-electron chi connectivity index (χ3n) is 1.02. The first-order chi connectivity index (χ1) is 4.26. The predicted octanol–water partition coefficient (Wildman–Crippen LogP) is 0.0644. The fourth-order valence-corrected chi connectivity index (χ4v) is 0.450. The zero-order chi connectivity index (χ0) is 7.28. The Bertz CT molecular complexity index is 129. The number of hydrogen-bond acceptors (Lipinski definition) is 3. The van der Waals surface area contributed by atoms with E-state index in [0.29, 0.717) is 5.57 Å². The number of ether oxygens (including phenoxy) is 1. The third-order valence-corrected chi connectivity index (χ3v) is 1.02. The van der Waals surface area contributed by atoms with Gasteiger partial charge in [-0.3, -0.25) is 0 Å². The van der Waals surface area contributed by atoms with Gasteiger partial charge in [0.25, 0.3) is 0 Å². The van der Waals surface area contributed by atoms with Gasteiger partial charge < -0.3 is 10.5 Å². The molecule has 0 rings (SSSR count). The van der Waals surface area contributed by atoms with E-state index in [0.717, 1.165) is 0 Å². The minimum Gasteiger partial charge on any atom is -0.466 e. The summed E-state index contributed by atoms with van der Waals surface area (Å²) in [6.07, 6.45) is 1.64. The topological polar surface area (TPSA) is 52.3 Å². The van der Waals surface area contributed by atoms with Gasteiger partial charge in [0, 0.05) is 12.1 Å². The fraction of sp³-hybridized carbons (Fsp3) is 0.500. The van der Waals surface area contributed by atoms with Gasteiger partial charge in [-0.15, -0.1) is 0 Å². The molecule has 0 aliphatic rings. The Morgan fingerprint density at radius 3 is 2.44 bits per heavy atom. The molecule has 3 nitrogen and oxygen atoms in total. The van der Waals surface area contributed by atoms with Crippen LogP contribution < -0.4 is 5.73 Å². The Kier molecular flexibility index (Phi) is 3.71. The lowest BCUT2D eigenvalue weighted by Crippen LogP contribution is -2.13. The number of nitrogens with two attached hydrogens (primary N) is 1. The van der Waals surface area contributed by atoms with Crippen LogP contribution in [0.15, 0.2) is 11.6 Å². The molecule has 0 aromatic carbocycles. The van der Waals surface area contributed by atoms with Gasteiger partial charge >= 0.3 is 5.97 Å². The number of hydrogen-bond donors (Lipinski definition) is 1. The normalized spacial score (nSPS) is 11.2. The molecule has 52 valence electrons. The summed E-state index contributed by atoms with van der Waals surface area (Å²) >= 11 is 0. The van der Waals surface area contributed by atoms with Crippen molar-refractivity contribution in [1.29, 1.82) is 0 Å². The summed E-state index contributed by atoms with van der Waals surface area (Å²) in [6, 6.07) is 0. The standard InChI is InChI=1S/C6H11NO2/c1-3-5(4-7)6(8)9-2/h3H,4,7H2,1-2H3/b5-3-. The molecule has 0 aromatic rings. The van der Waals surface area contributed by atoms with Crippen LogP contribution in [-0.4, -0.2) is 19.6 Å². The van der Waals surface area contributed by atoms with Crippen LogP contribution in [0.1, 0.15) is 6.92 Å². The van der Waals surface area contributed by atoms with Crippen molar-refractivity contribution in [3.63, 3.8) is 0 Å². The summed E-state index contributed by atoms with van der Waals surface area (Å²) in [5, 5.41) is 0. The molecule has 0 saturated carbocycles. The molecule has 0 saturated heterocycles. The van der Waals surface area contributed by atoms with E-state index in [1.165, 1.54) is 7.11 Å². The number of carbonyl (C=O) groups is 1. The van der Waals surface area contributed by atoms with Crippen LogP contribution in [0.25, 0.3) is 0 Å². The van der Waals surface area contributed by atoms with Crippen LogP contribution in [0.2, 0.25) is 0 Å². The zero-order valence-corrected chi connectivity index (χ0v) is 5.68. The highest BCUT2D eigenvalue weighted by Gasteiger charge is 2.03. The summed E-state index contributed by atoms with van der Waals surface area (Å²) in [4.78, 5) is 10.6. The highest BCUT2D eigenvalue weighted by atomic mass is 16.5. The second kappa shape index (κ2) is 4.09. The van der Waals surface area contributed by atoms with E-state index in [9.17, 15) is 4.79 Å². The minimum absolute atomic E-state index is 0.239. The second-order valence-electron chi connectivity index (χ2n) is 1.51. The van der Waals surface area contributed by atoms with Crippen molar-refractivity contribution in [2.24, 2.45) is 5.73 Å². The molecular weight excluding hydrogens is 118 g/mol. The summed E-state index contributed by atoms with van der Waals surface area (Å²) in [5.74, 6) is -0.347. The first-order valence-corrected chi connectivity index (χ1v) is 2.69. The van der Waals surface area contributed by atoms with Crippen LogP contribution in [0.4, 0.5) is 0 Å². The molecule has 0 radical (unpaired) electrons. The van der Waals surface area contributed by atoms with E-state index < -0.39 is 0 Å². The van der Waals surface area contributed by atoms with Gasteiger partial charge in [0.2, 0.25) is 0 Å². The van der Waals surface area contributed by atoms with Gasteiger partial charge in [-0.25, -0.2) is 4.79 Å². The molecule has 0 aliphatic heterocycles. The van der Waals surface area contributed by atoms with Gasteiger partial charge in [-0.2, -0.15) is 0 Å². The van der Waals surface area contributed by atoms with Crippen LogP contribution in [0.3, 0.4) is 0 Å². The molecule has 0 unspecified atom stereocenters. The molecule has 9 heavy (non-hydrogen) atoms. The van der Waals surface area contributed by atoms with Crippen molar-refractivity contribution < 1.29 is 9.53 Å². The fourth-order valence-electron chi connectivity index (χ4n) is 0.450. The van der Waals surface area contributed by atoms with E-state index in [-0.39, 0.29) is 12.5 Å². The average Bonchev–Trinajstić information content (AvgIpc) is 1.90. The SMILES string of the molecule is C/C=C(/CN)C(=O)OC. The summed E-state index contributed by atoms with van der Waals surface area (Å²) in [5.41, 5.74) is 5.70. The Morgan fingerprint density at radius 1 is 1.78 bits per heavy atom. The lowest BCUT2D eigenvalue weighted by molar-refractivity contribution is -0.136. The number of esters is 1. The number of methoxy groups -OCH3 is 1. The maximum Gasteiger partial charge on any atom is 0.334 e. The molecule has 3 heteroatoms. The third kappa shape index (κ3) is 2.28. The lowest BCUT2D eigenvalue weighted by atomic mass is 10.3. The summed E-state index contributed by atoms with van der Waals surface area (Å²) < 4.78 is 4.41. The van der Waals surface area contributed by atoms with E-state index >= 15 is 0 Å². The number of allylic oxidation sites excluding steroid dienone is 1. The van der Waals surface area contributed by atoms with Crippen LogP contribution in [0.5, 0.6) is 0 Å². The predicted molar refractivity (Wildman–Crippen MR) is 34.8 cm³/mol. The van der Waals surface area contributed by atoms with E-state index in [4.69, 9.17) is 5.73 Å². The van der Waals surface area contributed by atoms with Crippen LogP contribution in [0, 0.1) is 0 Å². The molecule has 0 amide bonds. The largest absolute Gasteiger partial charge is 0.466 e. The maximum absolute atomic E-state index is 10.6. The minimum atomic E-state index is -0.347. The van der Waals surface area contributed by atoms with Crippen molar-refractivity contribution in [2.75, 3.05) is 13.7 Å². The molecule has 0 aromatic heterocycles. The lowest BCUT2D eigenvalue weighted by Gasteiger charge is -1.98. The Labute approximate surface area is 54.5 Å². The molecule has 0 atom stereocenters. The molecule has 0 fully saturated rings. The van der Waals surface area contributed by atoms with Gasteiger partial charge in [0.05, 0.1) is 7.11 Å². The summed E-state index contributed by atoms with van der Waals surface area (Å²) in [7, 11) is 1.33. The van der Waals surface area contributed by atoms with Gasteiger partial charge in [-0.05, 0) is 6.92 Å². The Balaban J connectivity index is 3.97. The van der Waals surface area contributed by atoms with Gasteiger partial charge in [-0.1, -0.05) is 6.08 Å². The van der Waals surface area contributed by atoms with Crippen molar-refractivity contribution >= 4 is 5.97 Å². The smallest absolute Gasteiger partial charge is 0.334 e. The van der Waals surface area contributed by atoms with Crippen molar-refractivity contribution in [3.05, 3.63) is 11.6 Å². The zero-order valence-electron chi connectivity index (χ0n) is 5.68. The highest BCUT2D eigenvalue weighted by Crippen LogP contribution is 1.92. The Morgan fingerprint density at radius 2 is 2.33 bits per heavy atom. The average molecular weight is 129 g/mol. The first-order valence-electron chi connectivity index (χ1n) is 2.69. The molecule has 0 heterocycles. The van der Waals surface area contributed by atoms with E-state index in [1.807, 2.05) is 0 Å². The molecule has 2 N–H and O–H groups in total. The second-order valence-corrected chi connectivity index (χ2v) is 1.51. The van der Waals surface area contributed by atoms with Crippen molar-refractivity contribution in [3.8, 4) is 0 Å². The van der Waals surface area contributed by atoms with E-state index in [1.54, 1.807) is 13.0 Å². The molecule has 0 aliphatic carbocycles. The molecule has 0 spiro atoms. The van der Waals surface area contributed by atoms with Crippen LogP contribution >= 0.6 is 0 Å². The first kappa shape index (κ1) is 8.17. The van der Waals surface area contributed by atoms with Gasteiger partial charge in [0.15, 0.2) is 0 Å². The van der Waals surface area contributed by atoms with Gasteiger partial charge in [0.1, 0.15) is 0 Å². The van der Waals surface area contributed by atoms with Crippen LogP contribution in [-0.2, 0) is 9.53 Å². The maximum atomic E-state index is 10.6. The quantitative estimate of drug-likeness (QED) is 0.424. The number of rotatable bonds is 2. The van der Waals surface area contributed by atoms with E-state index in [2.05, 4.69) is 4.74 Å².